The summed E-state index contributed by atoms with van der Waals surface area (Å²) in [5, 5.41) is 0. The fourth-order valence-electron chi connectivity index (χ4n) is 4.54. The summed E-state index contributed by atoms with van der Waals surface area (Å²) in [5.74, 6) is 0.800. The second-order valence-corrected chi connectivity index (χ2v) is 8.62. The van der Waals surface area contributed by atoms with Gasteiger partial charge in [0.05, 0.1) is 6.61 Å². The van der Waals surface area contributed by atoms with Gasteiger partial charge in [-0.3, -0.25) is 14.5 Å². The van der Waals surface area contributed by atoms with E-state index in [1.807, 2.05) is 61.5 Å². The number of Topliss-reactive ketones (excluding diaryl/α,β-unsaturated/α-hetero) is 1. The van der Waals surface area contributed by atoms with E-state index >= 15 is 0 Å². The Morgan fingerprint density at radius 3 is 2.34 bits per heavy atom. The van der Waals surface area contributed by atoms with Crippen LogP contribution in [0.3, 0.4) is 0 Å². The minimum atomic E-state index is -0.197. The Morgan fingerprint density at radius 1 is 1.00 bits per heavy atom. The third-order valence-corrected chi connectivity index (χ3v) is 5.75. The molecule has 0 N–H and O–H groups in total. The number of hydrogen-bond acceptors (Lipinski definition) is 3. The standard InChI is InChI=1S/C25H27NO3/c1-4-29-19-12-10-17(11-13-19)20-14-23(28)26(18-8-6-5-7-9-18)21-15-25(2,3)16-22(27)24(20)21/h5-13,20H,4,14-16H2,1-3H3. The van der Waals surface area contributed by atoms with E-state index < -0.39 is 0 Å². The molecule has 4 heteroatoms. The second-order valence-electron chi connectivity index (χ2n) is 8.62. The maximum Gasteiger partial charge on any atom is 0.232 e. The van der Waals surface area contributed by atoms with Crippen molar-refractivity contribution in [1.29, 1.82) is 0 Å². The molecule has 1 unspecified atom stereocenters. The summed E-state index contributed by atoms with van der Waals surface area (Å²) in [5.41, 5.74) is 3.34. The molecule has 1 heterocycles. The number of para-hydroxylation sites is 1. The highest BCUT2D eigenvalue weighted by atomic mass is 16.5. The largest absolute Gasteiger partial charge is 0.494 e. The normalized spacial score (nSPS) is 21.2. The minimum absolute atomic E-state index is 0.0411. The molecule has 29 heavy (non-hydrogen) atoms. The van der Waals surface area contributed by atoms with Crippen molar-refractivity contribution < 1.29 is 14.3 Å². The van der Waals surface area contributed by atoms with Crippen LogP contribution in [0.15, 0.2) is 65.9 Å². The quantitative estimate of drug-likeness (QED) is 0.718. The monoisotopic (exact) mass is 389 g/mol. The molecule has 4 rings (SSSR count). The summed E-state index contributed by atoms with van der Waals surface area (Å²) in [7, 11) is 0. The molecule has 1 aliphatic carbocycles. The van der Waals surface area contributed by atoms with Gasteiger partial charge in [-0.05, 0) is 48.6 Å². The Kier molecular flexibility index (Phi) is 5.03. The fourth-order valence-corrected chi connectivity index (χ4v) is 4.54. The average Bonchev–Trinajstić information content (AvgIpc) is 2.68. The molecule has 2 aromatic rings. The zero-order valence-electron chi connectivity index (χ0n) is 17.3. The Bertz CT molecular complexity index is 957. The number of carbonyl (C=O) groups is 2. The Labute approximate surface area is 172 Å². The molecule has 0 fully saturated rings. The van der Waals surface area contributed by atoms with Gasteiger partial charge in [0.25, 0.3) is 0 Å². The topological polar surface area (TPSA) is 46.6 Å². The number of rotatable bonds is 4. The molecule has 0 saturated heterocycles. The lowest BCUT2D eigenvalue weighted by atomic mass is 9.69. The third kappa shape index (κ3) is 3.71. The van der Waals surface area contributed by atoms with E-state index in [2.05, 4.69) is 13.8 Å². The van der Waals surface area contributed by atoms with E-state index in [-0.39, 0.29) is 23.0 Å². The smallest absolute Gasteiger partial charge is 0.232 e. The van der Waals surface area contributed by atoms with Crippen molar-refractivity contribution in [2.45, 2.75) is 46.0 Å². The Balaban J connectivity index is 1.82. The predicted octanol–water partition coefficient (Wildman–Crippen LogP) is 5.25. The number of allylic oxidation sites excluding steroid dienone is 2. The summed E-state index contributed by atoms with van der Waals surface area (Å²) in [6.07, 6.45) is 1.52. The van der Waals surface area contributed by atoms with Crippen LogP contribution in [0.4, 0.5) is 5.69 Å². The zero-order valence-corrected chi connectivity index (χ0v) is 17.3. The lowest BCUT2D eigenvalue weighted by Crippen LogP contribution is -2.43. The molecule has 0 saturated carbocycles. The van der Waals surface area contributed by atoms with Crippen LogP contribution in [0.25, 0.3) is 0 Å². The maximum atomic E-state index is 13.3. The number of carbonyl (C=O) groups excluding carboxylic acids is 2. The van der Waals surface area contributed by atoms with Gasteiger partial charge in [-0.2, -0.15) is 0 Å². The Hall–Kier alpha value is -2.88. The van der Waals surface area contributed by atoms with Crippen LogP contribution in [0.2, 0.25) is 0 Å². The number of hydrogen-bond donors (Lipinski definition) is 0. The zero-order chi connectivity index (χ0) is 20.6. The first-order valence-electron chi connectivity index (χ1n) is 10.3. The minimum Gasteiger partial charge on any atom is -0.494 e. The molecule has 0 bridgehead atoms. The lowest BCUT2D eigenvalue weighted by molar-refractivity contribution is -0.121. The SMILES string of the molecule is CCOc1ccc(C2CC(=O)N(c3ccccc3)C3=C2C(=O)CC(C)(C)C3)cc1. The van der Waals surface area contributed by atoms with Crippen molar-refractivity contribution in [1.82, 2.24) is 0 Å². The highest BCUT2D eigenvalue weighted by molar-refractivity contribution is 6.07. The summed E-state index contributed by atoms with van der Waals surface area (Å²) < 4.78 is 5.55. The number of benzene rings is 2. The predicted molar refractivity (Wildman–Crippen MR) is 114 cm³/mol. The summed E-state index contributed by atoms with van der Waals surface area (Å²) in [6.45, 7) is 6.76. The van der Waals surface area contributed by atoms with Crippen molar-refractivity contribution in [3.05, 3.63) is 71.4 Å². The van der Waals surface area contributed by atoms with Crippen LogP contribution in [0.1, 0.15) is 51.5 Å². The molecule has 1 amide bonds. The van der Waals surface area contributed by atoms with Crippen molar-refractivity contribution in [3.8, 4) is 5.75 Å². The summed E-state index contributed by atoms with van der Waals surface area (Å²) in [4.78, 5) is 28.3. The first-order chi connectivity index (χ1) is 13.9. The van der Waals surface area contributed by atoms with E-state index in [0.29, 0.717) is 25.9 Å². The molecule has 1 aliphatic heterocycles. The summed E-state index contributed by atoms with van der Waals surface area (Å²) >= 11 is 0. The average molecular weight is 389 g/mol. The van der Waals surface area contributed by atoms with Gasteiger partial charge in [0, 0.05) is 35.7 Å². The molecule has 0 radical (unpaired) electrons. The van der Waals surface area contributed by atoms with E-state index in [1.165, 1.54) is 0 Å². The van der Waals surface area contributed by atoms with Crippen molar-refractivity contribution >= 4 is 17.4 Å². The third-order valence-electron chi connectivity index (χ3n) is 5.75. The van der Waals surface area contributed by atoms with Crippen LogP contribution in [-0.2, 0) is 9.59 Å². The molecule has 1 atom stereocenters. The molecule has 0 aromatic heterocycles. The van der Waals surface area contributed by atoms with Crippen LogP contribution in [0, 0.1) is 5.41 Å². The first-order valence-corrected chi connectivity index (χ1v) is 10.3. The second kappa shape index (κ2) is 7.51. The highest BCUT2D eigenvalue weighted by Gasteiger charge is 2.44. The van der Waals surface area contributed by atoms with Gasteiger partial charge in [0.15, 0.2) is 5.78 Å². The molecular weight excluding hydrogens is 362 g/mol. The highest BCUT2D eigenvalue weighted by Crippen LogP contribution is 2.48. The van der Waals surface area contributed by atoms with Gasteiger partial charge in [0.1, 0.15) is 5.75 Å². The van der Waals surface area contributed by atoms with E-state index in [1.54, 1.807) is 4.90 Å². The number of ketones is 1. The van der Waals surface area contributed by atoms with Crippen LogP contribution >= 0.6 is 0 Å². The van der Waals surface area contributed by atoms with Crippen LogP contribution < -0.4 is 9.64 Å². The Morgan fingerprint density at radius 2 is 1.69 bits per heavy atom. The molecular formula is C25H27NO3. The van der Waals surface area contributed by atoms with E-state index in [0.717, 1.165) is 28.3 Å². The van der Waals surface area contributed by atoms with Gasteiger partial charge in [-0.1, -0.05) is 44.2 Å². The number of nitrogens with zero attached hydrogens (tertiary/aromatic N) is 1. The van der Waals surface area contributed by atoms with Gasteiger partial charge in [0.2, 0.25) is 5.91 Å². The van der Waals surface area contributed by atoms with E-state index in [9.17, 15) is 9.59 Å². The fraction of sp³-hybridized carbons (Fsp3) is 0.360. The number of anilines is 1. The number of ether oxygens (including phenoxy) is 1. The van der Waals surface area contributed by atoms with Crippen molar-refractivity contribution in [2.75, 3.05) is 11.5 Å². The molecule has 4 nitrogen and oxygen atoms in total. The number of amides is 1. The molecule has 2 aromatic carbocycles. The van der Waals surface area contributed by atoms with E-state index in [4.69, 9.17) is 4.74 Å². The molecule has 2 aliphatic rings. The summed E-state index contributed by atoms with van der Waals surface area (Å²) in [6, 6.07) is 17.5. The molecule has 150 valence electrons. The van der Waals surface area contributed by atoms with Gasteiger partial charge in [-0.25, -0.2) is 0 Å². The van der Waals surface area contributed by atoms with Gasteiger partial charge >= 0.3 is 0 Å². The first kappa shape index (κ1) is 19.4. The van der Waals surface area contributed by atoms with Gasteiger partial charge < -0.3 is 4.74 Å². The van der Waals surface area contributed by atoms with Crippen LogP contribution in [0.5, 0.6) is 5.75 Å². The van der Waals surface area contributed by atoms with Crippen molar-refractivity contribution in [2.24, 2.45) is 5.41 Å². The lowest BCUT2D eigenvalue weighted by Gasteiger charge is -2.43. The van der Waals surface area contributed by atoms with Crippen molar-refractivity contribution in [3.63, 3.8) is 0 Å². The van der Waals surface area contributed by atoms with Gasteiger partial charge in [-0.15, -0.1) is 0 Å². The maximum absolute atomic E-state index is 13.3. The van der Waals surface area contributed by atoms with Crippen LogP contribution in [-0.4, -0.2) is 18.3 Å². The molecule has 0 spiro atoms.